The lowest BCUT2D eigenvalue weighted by Gasteiger charge is -2.25. The van der Waals surface area contributed by atoms with Crippen LogP contribution < -0.4 is 0 Å². The zero-order valence-electron chi connectivity index (χ0n) is 9.39. The Hall–Kier alpha value is -1.09. The van der Waals surface area contributed by atoms with E-state index >= 15 is 0 Å². The Balaban J connectivity index is 1.88. The molecular weight excluding hydrogens is 204 g/mol. The van der Waals surface area contributed by atoms with E-state index < -0.39 is 6.10 Å². The van der Waals surface area contributed by atoms with Crippen LogP contribution in [-0.4, -0.2) is 17.0 Å². The van der Waals surface area contributed by atoms with Gasteiger partial charge in [-0.25, -0.2) is 0 Å². The van der Waals surface area contributed by atoms with Crippen LogP contribution in [0, 0.1) is 5.92 Å². The van der Waals surface area contributed by atoms with Crippen molar-refractivity contribution in [2.75, 3.05) is 0 Å². The Bertz CT molecular complexity index is 323. The molecule has 88 valence electrons. The van der Waals surface area contributed by atoms with E-state index in [1.54, 1.807) is 18.4 Å². The average molecular weight is 222 g/mol. The van der Waals surface area contributed by atoms with Crippen molar-refractivity contribution in [2.45, 2.75) is 44.6 Å². The Kier molecular flexibility index (Phi) is 3.78. The van der Waals surface area contributed by atoms with E-state index in [0.29, 0.717) is 5.76 Å². The van der Waals surface area contributed by atoms with Crippen LogP contribution in [0.2, 0.25) is 0 Å². The third-order valence-corrected chi connectivity index (χ3v) is 3.35. The van der Waals surface area contributed by atoms with Crippen LogP contribution in [0.3, 0.4) is 0 Å². The molecule has 1 aromatic heterocycles. The number of rotatable bonds is 4. The van der Waals surface area contributed by atoms with E-state index in [9.17, 15) is 9.90 Å². The highest BCUT2D eigenvalue weighted by Crippen LogP contribution is 2.27. The van der Waals surface area contributed by atoms with Gasteiger partial charge in [-0.2, -0.15) is 0 Å². The Morgan fingerprint density at radius 2 is 2.19 bits per heavy atom. The molecule has 0 spiro atoms. The highest BCUT2D eigenvalue weighted by atomic mass is 16.3. The molecule has 0 saturated heterocycles. The molecule has 1 heterocycles. The Labute approximate surface area is 95.5 Å². The first kappa shape index (κ1) is 11.4. The van der Waals surface area contributed by atoms with Crippen LogP contribution in [0.15, 0.2) is 22.8 Å². The van der Waals surface area contributed by atoms with Gasteiger partial charge in [-0.3, -0.25) is 4.79 Å². The van der Waals surface area contributed by atoms with Crippen molar-refractivity contribution in [3.05, 3.63) is 24.2 Å². The van der Waals surface area contributed by atoms with Crippen molar-refractivity contribution in [1.82, 2.24) is 0 Å². The number of furan rings is 1. The summed E-state index contributed by atoms with van der Waals surface area (Å²) in [6.45, 7) is 0. The van der Waals surface area contributed by atoms with Crippen molar-refractivity contribution in [3.8, 4) is 0 Å². The average Bonchev–Trinajstić information content (AvgIpc) is 2.82. The summed E-state index contributed by atoms with van der Waals surface area (Å²) < 4.78 is 5.11. The first-order valence-electron chi connectivity index (χ1n) is 6.00. The molecule has 1 N–H and O–H groups in total. The molecule has 1 aliphatic rings. The quantitative estimate of drug-likeness (QED) is 0.850. The molecule has 2 rings (SSSR count). The summed E-state index contributed by atoms with van der Waals surface area (Å²) in [6, 6.07) is 3.53. The monoisotopic (exact) mass is 222 g/mol. The lowest BCUT2D eigenvalue weighted by atomic mass is 9.83. The minimum absolute atomic E-state index is 0.109. The summed E-state index contributed by atoms with van der Waals surface area (Å²) in [6.07, 6.45) is 6.42. The molecule has 1 aliphatic carbocycles. The number of carbonyl (C=O) groups excluding carboxylic acids is 1. The fourth-order valence-electron chi connectivity index (χ4n) is 2.40. The first-order valence-corrected chi connectivity index (χ1v) is 6.00. The maximum Gasteiger partial charge on any atom is 0.169 e. The zero-order valence-corrected chi connectivity index (χ0v) is 9.39. The molecule has 0 aromatic carbocycles. The van der Waals surface area contributed by atoms with Crippen LogP contribution in [0.25, 0.3) is 0 Å². The van der Waals surface area contributed by atoms with Crippen molar-refractivity contribution in [1.29, 1.82) is 0 Å². The zero-order chi connectivity index (χ0) is 11.4. The van der Waals surface area contributed by atoms with Gasteiger partial charge in [0.2, 0.25) is 0 Å². The number of ketones is 1. The minimum Gasteiger partial charge on any atom is -0.469 e. The molecule has 16 heavy (non-hydrogen) atoms. The Morgan fingerprint density at radius 3 is 2.81 bits per heavy atom. The second-order valence-electron chi connectivity index (χ2n) is 4.57. The number of carbonyl (C=O) groups is 1. The molecule has 0 bridgehead atoms. The summed E-state index contributed by atoms with van der Waals surface area (Å²) >= 11 is 0. The predicted octanol–water partition coefficient (Wildman–Crippen LogP) is 2.33. The second kappa shape index (κ2) is 5.30. The summed E-state index contributed by atoms with van der Waals surface area (Å²) in [5.74, 6) is 0.693. The molecule has 0 amide bonds. The van der Waals surface area contributed by atoms with Gasteiger partial charge in [0.1, 0.15) is 11.9 Å². The molecule has 3 nitrogen and oxygen atoms in total. The molecule has 1 atom stereocenters. The van der Waals surface area contributed by atoms with Gasteiger partial charge >= 0.3 is 0 Å². The van der Waals surface area contributed by atoms with Gasteiger partial charge in [-0.05, 0) is 30.9 Å². The number of hydrogen-bond donors (Lipinski definition) is 1. The molecule has 1 fully saturated rings. The minimum atomic E-state index is -0.801. The van der Waals surface area contributed by atoms with Crippen LogP contribution >= 0.6 is 0 Å². The molecule has 1 unspecified atom stereocenters. The van der Waals surface area contributed by atoms with Gasteiger partial charge < -0.3 is 9.52 Å². The molecule has 1 saturated carbocycles. The van der Waals surface area contributed by atoms with Gasteiger partial charge in [0.15, 0.2) is 5.78 Å². The standard InChI is InChI=1S/C13H18O3/c14-12(9-11-7-4-8-16-11)13(15)10-5-2-1-3-6-10/h4,7-8,10,13,15H,1-3,5-6,9H2. The maximum absolute atomic E-state index is 11.8. The number of aliphatic hydroxyl groups is 1. The summed E-state index contributed by atoms with van der Waals surface area (Å²) in [5.41, 5.74) is 0. The van der Waals surface area contributed by atoms with Crippen LogP contribution in [0.5, 0.6) is 0 Å². The van der Waals surface area contributed by atoms with Gasteiger partial charge in [0.05, 0.1) is 12.7 Å². The van der Waals surface area contributed by atoms with Crippen LogP contribution in [0.1, 0.15) is 37.9 Å². The van der Waals surface area contributed by atoms with Crippen molar-refractivity contribution < 1.29 is 14.3 Å². The third-order valence-electron chi connectivity index (χ3n) is 3.35. The largest absolute Gasteiger partial charge is 0.469 e. The summed E-state index contributed by atoms with van der Waals surface area (Å²) in [5, 5.41) is 9.95. The van der Waals surface area contributed by atoms with E-state index in [0.717, 1.165) is 25.7 Å². The Morgan fingerprint density at radius 1 is 1.44 bits per heavy atom. The molecule has 0 radical (unpaired) electrons. The van der Waals surface area contributed by atoms with Gasteiger partial charge in [-0.1, -0.05) is 19.3 Å². The molecule has 3 heteroatoms. The normalized spacial score (nSPS) is 19.6. The van der Waals surface area contributed by atoms with E-state index in [4.69, 9.17) is 4.42 Å². The third kappa shape index (κ3) is 2.73. The molecular formula is C13H18O3. The number of aliphatic hydroxyl groups excluding tert-OH is 1. The topological polar surface area (TPSA) is 50.4 Å². The van der Waals surface area contributed by atoms with Crippen molar-refractivity contribution >= 4 is 5.78 Å². The van der Waals surface area contributed by atoms with E-state index in [2.05, 4.69) is 0 Å². The molecule has 1 aromatic rings. The van der Waals surface area contributed by atoms with Crippen molar-refractivity contribution in [3.63, 3.8) is 0 Å². The SMILES string of the molecule is O=C(Cc1ccco1)C(O)C1CCCCC1. The van der Waals surface area contributed by atoms with Gasteiger partial charge in [-0.15, -0.1) is 0 Å². The smallest absolute Gasteiger partial charge is 0.169 e. The fourth-order valence-corrected chi connectivity index (χ4v) is 2.40. The van der Waals surface area contributed by atoms with Crippen LogP contribution in [-0.2, 0) is 11.2 Å². The van der Waals surface area contributed by atoms with Crippen molar-refractivity contribution in [2.24, 2.45) is 5.92 Å². The lowest BCUT2D eigenvalue weighted by molar-refractivity contribution is -0.130. The number of Topliss-reactive ketones (excluding diaryl/α,β-unsaturated/α-hetero) is 1. The maximum atomic E-state index is 11.8. The molecule has 0 aliphatic heterocycles. The highest BCUT2D eigenvalue weighted by Gasteiger charge is 2.27. The van der Waals surface area contributed by atoms with Crippen LogP contribution in [0.4, 0.5) is 0 Å². The van der Waals surface area contributed by atoms with Gasteiger partial charge in [0.25, 0.3) is 0 Å². The number of hydrogen-bond acceptors (Lipinski definition) is 3. The van der Waals surface area contributed by atoms with Gasteiger partial charge in [0, 0.05) is 0 Å². The van der Waals surface area contributed by atoms with E-state index in [1.807, 2.05) is 0 Å². The second-order valence-corrected chi connectivity index (χ2v) is 4.57. The first-order chi connectivity index (χ1) is 7.77. The van der Waals surface area contributed by atoms with E-state index in [-0.39, 0.29) is 18.1 Å². The summed E-state index contributed by atoms with van der Waals surface area (Å²) in [4.78, 5) is 11.8. The fraction of sp³-hybridized carbons (Fsp3) is 0.615. The summed E-state index contributed by atoms with van der Waals surface area (Å²) in [7, 11) is 0. The predicted molar refractivity (Wildman–Crippen MR) is 60.0 cm³/mol. The lowest BCUT2D eigenvalue weighted by Crippen LogP contribution is -2.32. The highest BCUT2D eigenvalue weighted by molar-refractivity contribution is 5.84. The van der Waals surface area contributed by atoms with E-state index in [1.165, 1.54) is 6.42 Å².